The number of benzene rings is 2. The van der Waals surface area contributed by atoms with Crippen LogP contribution in [0.25, 0.3) is 0 Å². The van der Waals surface area contributed by atoms with E-state index >= 15 is 0 Å². The summed E-state index contributed by atoms with van der Waals surface area (Å²) in [6, 6.07) is 13.6. The summed E-state index contributed by atoms with van der Waals surface area (Å²) in [6.07, 6.45) is 0.505. The van der Waals surface area contributed by atoms with Gasteiger partial charge in [-0.05, 0) is 30.2 Å². The first kappa shape index (κ1) is 17.0. The lowest BCUT2D eigenvalue weighted by Crippen LogP contribution is -2.15. The highest BCUT2D eigenvalue weighted by Crippen LogP contribution is 2.26. The van der Waals surface area contributed by atoms with E-state index in [9.17, 15) is 14.0 Å². The van der Waals surface area contributed by atoms with E-state index in [1.165, 1.54) is 17.8 Å². The minimum atomic E-state index is -0.421. The van der Waals surface area contributed by atoms with Crippen molar-refractivity contribution in [3.05, 3.63) is 59.9 Å². The molecule has 0 saturated heterocycles. The van der Waals surface area contributed by atoms with Gasteiger partial charge in [0.15, 0.2) is 0 Å². The normalized spacial score (nSPS) is 10.3. The van der Waals surface area contributed by atoms with Crippen molar-refractivity contribution in [1.82, 2.24) is 0 Å². The van der Waals surface area contributed by atoms with E-state index < -0.39 is 5.91 Å². The Balaban J connectivity index is 1.95. The van der Waals surface area contributed by atoms with Crippen LogP contribution in [0.4, 0.5) is 10.1 Å². The molecule has 2 amide bonds. The Morgan fingerprint density at radius 2 is 1.78 bits per heavy atom. The van der Waals surface area contributed by atoms with E-state index in [4.69, 9.17) is 5.73 Å². The molecular formula is C17H17FN2O2S. The fourth-order valence-corrected chi connectivity index (χ4v) is 2.75. The van der Waals surface area contributed by atoms with E-state index in [0.717, 1.165) is 4.90 Å². The molecule has 3 N–H and O–H groups in total. The topological polar surface area (TPSA) is 72.2 Å². The largest absolute Gasteiger partial charge is 0.369 e. The van der Waals surface area contributed by atoms with Gasteiger partial charge in [0.25, 0.3) is 0 Å². The highest BCUT2D eigenvalue weighted by atomic mass is 32.2. The number of nitrogens with one attached hydrogen (secondary N) is 1. The van der Waals surface area contributed by atoms with Crippen LogP contribution >= 0.6 is 11.8 Å². The molecule has 2 aromatic carbocycles. The first-order valence-corrected chi connectivity index (χ1v) is 8.08. The van der Waals surface area contributed by atoms with Crippen molar-refractivity contribution in [2.45, 2.75) is 17.7 Å². The number of primary amides is 1. The molecule has 0 aliphatic rings. The summed E-state index contributed by atoms with van der Waals surface area (Å²) >= 11 is 1.26. The number of carbonyl (C=O) groups is 2. The molecule has 2 rings (SSSR count). The maximum Gasteiger partial charge on any atom is 0.227 e. The second-order valence-electron chi connectivity index (χ2n) is 4.89. The SMILES string of the molecule is NC(=O)CSc1ccccc1NC(=O)CCc1ccccc1F. The van der Waals surface area contributed by atoms with Crippen molar-refractivity contribution in [3.8, 4) is 0 Å². The van der Waals surface area contributed by atoms with Crippen molar-refractivity contribution in [3.63, 3.8) is 0 Å². The third kappa shape index (κ3) is 5.41. The van der Waals surface area contributed by atoms with Crippen LogP contribution in [-0.4, -0.2) is 17.6 Å². The monoisotopic (exact) mass is 332 g/mol. The number of thioether (sulfide) groups is 1. The Morgan fingerprint density at radius 3 is 2.52 bits per heavy atom. The van der Waals surface area contributed by atoms with Crippen LogP contribution in [0.15, 0.2) is 53.4 Å². The lowest BCUT2D eigenvalue weighted by Gasteiger charge is -2.10. The van der Waals surface area contributed by atoms with Crippen LogP contribution in [0.3, 0.4) is 0 Å². The Kier molecular flexibility index (Phi) is 6.17. The van der Waals surface area contributed by atoms with Crippen LogP contribution in [0, 0.1) is 5.82 Å². The number of anilines is 1. The quantitative estimate of drug-likeness (QED) is 0.766. The molecule has 23 heavy (non-hydrogen) atoms. The summed E-state index contributed by atoms with van der Waals surface area (Å²) < 4.78 is 13.5. The Labute approximate surface area is 138 Å². The lowest BCUT2D eigenvalue weighted by molar-refractivity contribution is -0.116. The van der Waals surface area contributed by atoms with Gasteiger partial charge in [-0.25, -0.2) is 4.39 Å². The number of carbonyl (C=O) groups excluding carboxylic acids is 2. The predicted molar refractivity (Wildman–Crippen MR) is 89.7 cm³/mol. The molecule has 0 atom stereocenters. The molecule has 0 radical (unpaired) electrons. The molecule has 6 heteroatoms. The van der Waals surface area contributed by atoms with Gasteiger partial charge in [0.2, 0.25) is 11.8 Å². The van der Waals surface area contributed by atoms with Crippen LogP contribution in [0.1, 0.15) is 12.0 Å². The van der Waals surface area contributed by atoms with Gasteiger partial charge < -0.3 is 11.1 Å². The maximum absolute atomic E-state index is 13.5. The highest BCUT2D eigenvalue weighted by Gasteiger charge is 2.09. The number of nitrogens with two attached hydrogens (primary N) is 1. The van der Waals surface area contributed by atoms with Gasteiger partial charge in [-0.15, -0.1) is 11.8 Å². The Bertz CT molecular complexity index is 706. The first-order valence-electron chi connectivity index (χ1n) is 7.09. The molecule has 4 nitrogen and oxygen atoms in total. The van der Waals surface area contributed by atoms with Gasteiger partial charge in [-0.3, -0.25) is 9.59 Å². The summed E-state index contributed by atoms with van der Waals surface area (Å²) in [5.41, 5.74) is 6.27. The van der Waals surface area contributed by atoms with E-state index in [1.54, 1.807) is 36.4 Å². The molecule has 0 unspecified atom stereocenters. The van der Waals surface area contributed by atoms with Gasteiger partial charge >= 0.3 is 0 Å². The van der Waals surface area contributed by atoms with Crippen molar-refractivity contribution in [2.24, 2.45) is 5.73 Å². The molecular weight excluding hydrogens is 315 g/mol. The summed E-state index contributed by atoms with van der Waals surface area (Å²) in [6.45, 7) is 0. The number of aryl methyl sites for hydroxylation is 1. The van der Waals surface area contributed by atoms with Crippen molar-refractivity contribution < 1.29 is 14.0 Å². The number of para-hydroxylation sites is 1. The molecule has 120 valence electrons. The van der Waals surface area contributed by atoms with Crippen LogP contribution in [-0.2, 0) is 16.0 Å². The summed E-state index contributed by atoms with van der Waals surface area (Å²) in [5.74, 6) is -0.795. The average Bonchev–Trinajstić information content (AvgIpc) is 2.53. The van der Waals surface area contributed by atoms with E-state index in [2.05, 4.69) is 5.32 Å². The van der Waals surface area contributed by atoms with E-state index in [1.807, 2.05) is 6.07 Å². The number of halogens is 1. The fourth-order valence-electron chi connectivity index (χ4n) is 2.01. The third-order valence-corrected chi connectivity index (χ3v) is 4.21. The smallest absolute Gasteiger partial charge is 0.227 e. The molecule has 0 fully saturated rings. The second kappa shape index (κ2) is 8.33. The van der Waals surface area contributed by atoms with Gasteiger partial charge in [-0.1, -0.05) is 30.3 Å². The van der Waals surface area contributed by atoms with Gasteiger partial charge in [0, 0.05) is 11.3 Å². The fraction of sp³-hybridized carbons (Fsp3) is 0.176. The molecule has 0 aromatic heterocycles. The maximum atomic E-state index is 13.5. The van der Waals surface area contributed by atoms with Crippen LogP contribution in [0.2, 0.25) is 0 Å². The van der Waals surface area contributed by atoms with E-state index in [0.29, 0.717) is 17.7 Å². The van der Waals surface area contributed by atoms with Gasteiger partial charge in [-0.2, -0.15) is 0 Å². The number of hydrogen-bond acceptors (Lipinski definition) is 3. The average molecular weight is 332 g/mol. The zero-order valence-electron chi connectivity index (χ0n) is 12.4. The second-order valence-corrected chi connectivity index (χ2v) is 5.91. The summed E-state index contributed by atoms with van der Waals surface area (Å²) in [5, 5.41) is 2.79. The Morgan fingerprint density at radius 1 is 1.09 bits per heavy atom. The first-order chi connectivity index (χ1) is 11.1. The minimum absolute atomic E-state index is 0.141. The highest BCUT2D eigenvalue weighted by molar-refractivity contribution is 8.00. The zero-order chi connectivity index (χ0) is 16.7. The van der Waals surface area contributed by atoms with Crippen molar-refractivity contribution in [2.75, 3.05) is 11.1 Å². The third-order valence-electron chi connectivity index (χ3n) is 3.11. The molecule has 0 saturated carbocycles. The van der Waals surface area contributed by atoms with Crippen LogP contribution < -0.4 is 11.1 Å². The summed E-state index contributed by atoms with van der Waals surface area (Å²) in [4.78, 5) is 23.7. The molecule has 2 aromatic rings. The summed E-state index contributed by atoms with van der Waals surface area (Å²) in [7, 11) is 0. The van der Waals surface area contributed by atoms with Gasteiger partial charge in [0.1, 0.15) is 5.82 Å². The standard InChI is InChI=1S/C17H17FN2O2S/c18-13-6-2-1-5-12(13)9-10-17(22)20-14-7-3-4-8-15(14)23-11-16(19)21/h1-8H,9-11H2,(H2,19,21)(H,20,22). The van der Waals surface area contributed by atoms with Crippen LogP contribution in [0.5, 0.6) is 0 Å². The molecule has 0 aliphatic carbocycles. The van der Waals surface area contributed by atoms with Crippen molar-refractivity contribution in [1.29, 1.82) is 0 Å². The minimum Gasteiger partial charge on any atom is -0.369 e. The number of rotatable bonds is 7. The molecule has 0 bridgehead atoms. The van der Waals surface area contributed by atoms with Gasteiger partial charge in [0.05, 0.1) is 11.4 Å². The predicted octanol–water partition coefficient (Wildman–Crippen LogP) is 2.97. The lowest BCUT2D eigenvalue weighted by atomic mass is 10.1. The molecule has 0 spiro atoms. The number of amides is 2. The molecule has 0 heterocycles. The van der Waals surface area contributed by atoms with E-state index in [-0.39, 0.29) is 23.9 Å². The zero-order valence-corrected chi connectivity index (χ0v) is 13.2. The molecule has 0 aliphatic heterocycles. The number of hydrogen-bond donors (Lipinski definition) is 2. The Hall–Kier alpha value is -2.34. The van der Waals surface area contributed by atoms with Crippen molar-refractivity contribution >= 4 is 29.3 Å².